The van der Waals surface area contributed by atoms with Crippen molar-refractivity contribution in [2.24, 2.45) is 5.73 Å². The highest BCUT2D eigenvalue weighted by molar-refractivity contribution is 4.77. The van der Waals surface area contributed by atoms with Gasteiger partial charge in [0.05, 0.1) is 12.7 Å². The third-order valence-electron chi connectivity index (χ3n) is 1.77. The molecule has 0 fully saturated rings. The molecule has 1 unspecified atom stereocenters. The molecule has 4 nitrogen and oxygen atoms in total. The monoisotopic (exact) mass is 190 g/mol. The number of nitrogens with two attached hydrogens (primary N) is 1. The molecule has 1 atom stereocenters. The van der Waals surface area contributed by atoms with Gasteiger partial charge in [0.2, 0.25) is 0 Å². The van der Waals surface area contributed by atoms with Crippen molar-refractivity contribution in [2.75, 3.05) is 26.7 Å². The van der Waals surface area contributed by atoms with E-state index in [0.29, 0.717) is 19.5 Å². The second kappa shape index (κ2) is 5.54. The molecule has 0 aliphatic rings. The minimum absolute atomic E-state index is 0.120. The highest BCUT2D eigenvalue weighted by Crippen LogP contribution is 2.08. The number of hydrogen-bond acceptors (Lipinski definition) is 4. The number of aliphatic hydroxyl groups excluding tert-OH is 2. The molecule has 0 rings (SSSR count). The smallest absolute Gasteiger partial charge is 0.0684 e. The normalized spacial score (nSPS) is 15.0. The third kappa shape index (κ3) is 8.18. The molecule has 0 aliphatic heterocycles. The maximum Gasteiger partial charge on any atom is 0.0684 e. The number of rotatable bonds is 6. The van der Waals surface area contributed by atoms with Gasteiger partial charge >= 0.3 is 0 Å². The van der Waals surface area contributed by atoms with Crippen LogP contribution in [-0.4, -0.2) is 53.5 Å². The van der Waals surface area contributed by atoms with Crippen molar-refractivity contribution in [3.8, 4) is 0 Å². The molecule has 0 bridgehead atoms. The molecule has 0 aliphatic carbocycles. The molecule has 0 aromatic heterocycles. The van der Waals surface area contributed by atoms with E-state index < -0.39 is 6.10 Å². The minimum atomic E-state index is -0.420. The van der Waals surface area contributed by atoms with Crippen LogP contribution in [0.3, 0.4) is 0 Å². The molecule has 4 N–H and O–H groups in total. The largest absolute Gasteiger partial charge is 0.395 e. The summed E-state index contributed by atoms with van der Waals surface area (Å²) in [6, 6.07) is 0. The third-order valence-corrected chi connectivity index (χ3v) is 1.77. The van der Waals surface area contributed by atoms with Crippen LogP contribution in [-0.2, 0) is 0 Å². The molecule has 80 valence electrons. The molecule has 0 spiro atoms. The Morgan fingerprint density at radius 1 is 1.46 bits per heavy atom. The van der Waals surface area contributed by atoms with E-state index in [-0.39, 0.29) is 12.1 Å². The summed E-state index contributed by atoms with van der Waals surface area (Å²) >= 11 is 0. The van der Waals surface area contributed by atoms with Gasteiger partial charge in [0.25, 0.3) is 0 Å². The SMILES string of the molecule is CN(CCO)CC(O)CC(C)(C)N. The van der Waals surface area contributed by atoms with E-state index >= 15 is 0 Å². The zero-order valence-corrected chi connectivity index (χ0v) is 8.82. The van der Waals surface area contributed by atoms with Gasteiger partial charge in [0.15, 0.2) is 0 Å². The molecule has 13 heavy (non-hydrogen) atoms. The van der Waals surface area contributed by atoms with Crippen LogP contribution in [0.15, 0.2) is 0 Å². The van der Waals surface area contributed by atoms with Crippen molar-refractivity contribution < 1.29 is 10.2 Å². The summed E-state index contributed by atoms with van der Waals surface area (Å²) in [6.45, 7) is 5.04. The van der Waals surface area contributed by atoms with Gasteiger partial charge in [-0.15, -0.1) is 0 Å². The van der Waals surface area contributed by atoms with E-state index in [2.05, 4.69) is 0 Å². The Kier molecular flexibility index (Phi) is 5.48. The van der Waals surface area contributed by atoms with Crippen LogP contribution in [0.25, 0.3) is 0 Å². The van der Waals surface area contributed by atoms with Gasteiger partial charge in [-0.3, -0.25) is 0 Å². The summed E-state index contributed by atoms with van der Waals surface area (Å²) in [5, 5.41) is 18.2. The average molecular weight is 190 g/mol. The lowest BCUT2D eigenvalue weighted by Gasteiger charge is -2.25. The van der Waals surface area contributed by atoms with Gasteiger partial charge in [-0.05, 0) is 27.3 Å². The van der Waals surface area contributed by atoms with E-state index in [0.717, 1.165) is 0 Å². The van der Waals surface area contributed by atoms with E-state index in [1.54, 1.807) is 0 Å². The van der Waals surface area contributed by atoms with E-state index in [9.17, 15) is 5.11 Å². The lowest BCUT2D eigenvalue weighted by Crippen LogP contribution is -2.40. The Morgan fingerprint density at radius 2 is 2.00 bits per heavy atom. The lowest BCUT2D eigenvalue weighted by molar-refractivity contribution is 0.0923. The fourth-order valence-corrected chi connectivity index (χ4v) is 1.29. The molecule has 0 radical (unpaired) electrons. The van der Waals surface area contributed by atoms with Crippen LogP contribution in [0.4, 0.5) is 0 Å². The second-order valence-corrected chi connectivity index (χ2v) is 4.33. The van der Waals surface area contributed by atoms with Crippen LogP contribution in [0.1, 0.15) is 20.3 Å². The topological polar surface area (TPSA) is 69.7 Å². The molecule has 0 aromatic rings. The molecule has 0 amide bonds. The Morgan fingerprint density at radius 3 is 2.38 bits per heavy atom. The summed E-state index contributed by atoms with van der Waals surface area (Å²) in [5.41, 5.74) is 5.42. The standard InChI is InChI=1S/C9H22N2O2/c1-9(2,10)6-8(13)7-11(3)4-5-12/h8,12-13H,4-7,10H2,1-3H3. The van der Waals surface area contributed by atoms with Crippen LogP contribution in [0.2, 0.25) is 0 Å². The first-order chi connectivity index (χ1) is 5.85. The Bertz CT molecular complexity index is 134. The zero-order chi connectivity index (χ0) is 10.5. The number of hydrogen-bond donors (Lipinski definition) is 3. The van der Waals surface area contributed by atoms with Crippen molar-refractivity contribution in [1.82, 2.24) is 4.90 Å². The fraction of sp³-hybridized carbons (Fsp3) is 1.00. The maximum absolute atomic E-state index is 9.58. The lowest BCUT2D eigenvalue weighted by atomic mass is 9.98. The van der Waals surface area contributed by atoms with Crippen LogP contribution >= 0.6 is 0 Å². The van der Waals surface area contributed by atoms with Crippen molar-refractivity contribution in [2.45, 2.75) is 31.9 Å². The van der Waals surface area contributed by atoms with Gasteiger partial charge in [0.1, 0.15) is 0 Å². The Balaban J connectivity index is 3.67. The van der Waals surface area contributed by atoms with Gasteiger partial charge in [0, 0.05) is 18.6 Å². The van der Waals surface area contributed by atoms with E-state index in [4.69, 9.17) is 10.8 Å². The molecule has 4 heteroatoms. The fourth-order valence-electron chi connectivity index (χ4n) is 1.29. The highest BCUT2D eigenvalue weighted by Gasteiger charge is 2.17. The number of nitrogens with zero attached hydrogens (tertiary/aromatic N) is 1. The second-order valence-electron chi connectivity index (χ2n) is 4.33. The first-order valence-electron chi connectivity index (χ1n) is 4.61. The molecule has 0 saturated carbocycles. The minimum Gasteiger partial charge on any atom is -0.395 e. The van der Waals surface area contributed by atoms with Crippen molar-refractivity contribution in [1.29, 1.82) is 0 Å². The predicted octanol–water partition coefficient (Wildman–Crippen LogP) is -0.601. The van der Waals surface area contributed by atoms with Crippen LogP contribution < -0.4 is 5.73 Å². The van der Waals surface area contributed by atoms with E-state index in [1.807, 2.05) is 25.8 Å². The van der Waals surface area contributed by atoms with Gasteiger partial charge in [-0.25, -0.2) is 0 Å². The van der Waals surface area contributed by atoms with Gasteiger partial charge < -0.3 is 20.8 Å². The van der Waals surface area contributed by atoms with E-state index in [1.165, 1.54) is 0 Å². The maximum atomic E-state index is 9.58. The van der Waals surface area contributed by atoms with Crippen LogP contribution in [0, 0.1) is 0 Å². The Hall–Kier alpha value is -0.160. The summed E-state index contributed by atoms with van der Waals surface area (Å²) in [5.74, 6) is 0. The van der Waals surface area contributed by atoms with Crippen molar-refractivity contribution in [3.63, 3.8) is 0 Å². The van der Waals surface area contributed by atoms with Gasteiger partial charge in [-0.2, -0.15) is 0 Å². The summed E-state index contributed by atoms with van der Waals surface area (Å²) in [4.78, 5) is 1.89. The summed E-state index contributed by atoms with van der Waals surface area (Å²) < 4.78 is 0. The molecular weight excluding hydrogens is 168 g/mol. The quantitative estimate of drug-likeness (QED) is 0.523. The van der Waals surface area contributed by atoms with Crippen molar-refractivity contribution in [3.05, 3.63) is 0 Å². The molecule has 0 aromatic carbocycles. The number of likely N-dealkylation sites (N-methyl/N-ethyl adjacent to an activating group) is 1. The van der Waals surface area contributed by atoms with Crippen molar-refractivity contribution >= 4 is 0 Å². The molecule has 0 heterocycles. The zero-order valence-electron chi connectivity index (χ0n) is 8.82. The highest BCUT2D eigenvalue weighted by atomic mass is 16.3. The molecular formula is C9H22N2O2. The predicted molar refractivity (Wildman–Crippen MR) is 53.5 cm³/mol. The Labute approximate surface area is 80.3 Å². The summed E-state index contributed by atoms with van der Waals surface area (Å²) in [7, 11) is 1.86. The average Bonchev–Trinajstić information content (AvgIpc) is 1.81. The molecule has 0 saturated heterocycles. The first-order valence-corrected chi connectivity index (χ1v) is 4.61. The van der Waals surface area contributed by atoms with Gasteiger partial charge in [-0.1, -0.05) is 0 Å². The first kappa shape index (κ1) is 12.8. The number of aliphatic hydroxyl groups is 2. The van der Waals surface area contributed by atoms with Crippen LogP contribution in [0.5, 0.6) is 0 Å². The summed E-state index contributed by atoms with van der Waals surface area (Å²) in [6.07, 6.45) is 0.152.